The molecule has 1 aromatic carbocycles. The molecular formula is C10H15NO5S. The van der Waals surface area contributed by atoms with Gasteiger partial charge in [0.15, 0.2) is 6.29 Å². The van der Waals surface area contributed by atoms with Crippen molar-refractivity contribution in [3.05, 3.63) is 23.8 Å². The number of hydrogen-bond donors (Lipinski definition) is 2. The summed E-state index contributed by atoms with van der Waals surface area (Å²) < 4.78 is 32.3. The number of rotatable bonds is 5. The number of aliphatic hydroxyl groups excluding tert-OH is 1. The van der Waals surface area contributed by atoms with E-state index in [1.54, 1.807) is 6.92 Å². The molecule has 1 rings (SSSR count). The molecule has 0 radical (unpaired) electrons. The monoisotopic (exact) mass is 261 g/mol. The fraction of sp³-hybridized carbons (Fsp3) is 0.400. The highest BCUT2D eigenvalue weighted by molar-refractivity contribution is 7.89. The summed E-state index contributed by atoms with van der Waals surface area (Å²) in [5, 5.41) is 14.7. The predicted molar refractivity (Wildman–Crippen MR) is 61.0 cm³/mol. The molecule has 0 amide bonds. The Kier molecular flexibility index (Phi) is 4.47. The van der Waals surface area contributed by atoms with Gasteiger partial charge in [0.2, 0.25) is 10.0 Å². The van der Waals surface area contributed by atoms with Crippen molar-refractivity contribution >= 4 is 10.0 Å². The maximum absolute atomic E-state index is 11.2. The fourth-order valence-corrected chi connectivity index (χ4v) is 1.88. The summed E-state index contributed by atoms with van der Waals surface area (Å²) in [6, 6.07) is 3.95. The largest absolute Gasteiger partial charge is 0.496 e. The van der Waals surface area contributed by atoms with Crippen molar-refractivity contribution in [2.45, 2.75) is 18.1 Å². The van der Waals surface area contributed by atoms with E-state index in [4.69, 9.17) is 14.6 Å². The summed E-state index contributed by atoms with van der Waals surface area (Å²) in [5.41, 5.74) is 0.223. The van der Waals surface area contributed by atoms with E-state index in [1.165, 1.54) is 25.3 Å². The highest BCUT2D eigenvalue weighted by Crippen LogP contribution is 2.28. The van der Waals surface area contributed by atoms with E-state index < -0.39 is 16.3 Å². The number of hydrogen-bond acceptors (Lipinski definition) is 5. The van der Waals surface area contributed by atoms with Crippen LogP contribution < -0.4 is 9.88 Å². The van der Waals surface area contributed by atoms with Gasteiger partial charge in [-0.05, 0) is 25.1 Å². The van der Waals surface area contributed by atoms with Crippen molar-refractivity contribution in [3.63, 3.8) is 0 Å². The van der Waals surface area contributed by atoms with Crippen LogP contribution in [0.25, 0.3) is 0 Å². The SMILES string of the molecule is CCOC(O)c1cc(S(N)(=O)=O)ccc1OC. The van der Waals surface area contributed by atoms with Crippen LogP contribution in [0.3, 0.4) is 0 Å². The van der Waals surface area contributed by atoms with Crippen molar-refractivity contribution in [2.24, 2.45) is 5.14 Å². The van der Waals surface area contributed by atoms with Gasteiger partial charge >= 0.3 is 0 Å². The maximum atomic E-state index is 11.2. The number of benzene rings is 1. The second-order valence-corrected chi connectivity index (χ2v) is 4.82. The number of primary sulfonamides is 1. The van der Waals surface area contributed by atoms with Crippen molar-refractivity contribution in [1.29, 1.82) is 0 Å². The summed E-state index contributed by atoms with van der Waals surface area (Å²) in [6.45, 7) is 1.99. The number of sulfonamides is 1. The molecule has 0 saturated heterocycles. The molecule has 1 aromatic rings. The lowest BCUT2D eigenvalue weighted by atomic mass is 10.2. The summed E-state index contributed by atoms with van der Waals surface area (Å²) in [4.78, 5) is -0.105. The first kappa shape index (κ1) is 13.9. The van der Waals surface area contributed by atoms with Gasteiger partial charge in [-0.25, -0.2) is 13.6 Å². The quantitative estimate of drug-likeness (QED) is 0.746. The van der Waals surface area contributed by atoms with Gasteiger partial charge in [0, 0.05) is 6.61 Å². The van der Waals surface area contributed by atoms with E-state index in [1.807, 2.05) is 0 Å². The van der Waals surface area contributed by atoms with Gasteiger partial charge in [-0.3, -0.25) is 0 Å². The molecule has 0 aromatic heterocycles. The van der Waals surface area contributed by atoms with Gasteiger partial charge in [-0.1, -0.05) is 0 Å². The molecule has 0 heterocycles. The number of methoxy groups -OCH3 is 1. The molecule has 0 aliphatic carbocycles. The van der Waals surface area contributed by atoms with Gasteiger partial charge in [-0.2, -0.15) is 0 Å². The topological polar surface area (TPSA) is 98.9 Å². The minimum atomic E-state index is -3.82. The minimum Gasteiger partial charge on any atom is -0.496 e. The maximum Gasteiger partial charge on any atom is 0.238 e. The van der Waals surface area contributed by atoms with Crippen LogP contribution in [0.2, 0.25) is 0 Å². The van der Waals surface area contributed by atoms with Crippen LogP contribution in [-0.2, 0) is 14.8 Å². The number of aliphatic hydroxyl groups is 1. The van der Waals surface area contributed by atoms with E-state index >= 15 is 0 Å². The highest BCUT2D eigenvalue weighted by atomic mass is 32.2. The zero-order chi connectivity index (χ0) is 13.1. The van der Waals surface area contributed by atoms with E-state index in [9.17, 15) is 13.5 Å². The summed E-state index contributed by atoms with van der Waals surface area (Å²) in [5.74, 6) is 0.332. The molecule has 6 nitrogen and oxygen atoms in total. The van der Waals surface area contributed by atoms with Crippen LogP contribution in [0.1, 0.15) is 18.8 Å². The van der Waals surface area contributed by atoms with Crippen LogP contribution >= 0.6 is 0 Å². The molecule has 0 saturated carbocycles. The van der Waals surface area contributed by atoms with Crippen LogP contribution in [-0.4, -0.2) is 27.2 Å². The van der Waals surface area contributed by atoms with E-state index in [-0.39, 0.29) is 17.1 Å². The molecule has 3 N–H and O–H groups in total. The molecule has 96 valence electrons. The van der Waals surface area contributed by atoms with Gasteiger partial charge in [0.1, 0.15) is 5.75 Å². The molecular weight excluding hydrogens is 246 g/mol. The normalized spacial score (nSPS) is 13.4. The third-order valence-corrected chi connectivity index (χ3v) is 3.03. The Morgan fingerprint density at radius 2 is 2.12 bits per heavy atom. The smallest absolute Gasteiger partial charge is 0.238 e. The van der Waals surface area contributed by atoms with Crippen LogP contribution in [0.15, 0.2) is 23.1 Å². The van der Waals surface area contributed by atoms with E-state index in [0.717, 1.165) is 0 Å². The van der Waals surface area contributed by atoms with Crippen LogP contribution in [0, 0.1) is 0 Å². The Balaban J connectivity index is 3.24. The molecule has 0 bridgehead atoms. The van der Waals surface area contributed by atoms with Gasteiger partial charge in [0.05, 0.1) is 17.6 Å². The molecule has 7 heteroatoms. The van der Waals surface area contributed by atoms with Crippen molar-refractivity contribution in [3.8, 4) is 5.75 Å². The lowest BCUT2D eigenvalue weighted by Gasteiger charge is -2.15. The Bertz CT molecular complexity index is 485. The molecule has 1 atom stereocenters. The summed E-state index contributed by atoms with van der Waals surface area (Å²) >= 11 is 0. The van der Waals surface area contributed by atoms with Crippen molar-refractivity contribution < 1.29 is 23.0 Å². The number of nitrogens with two attached hydrogens (primary N) is 1. The van der Waals surface area contributed by atoms with E-state index in [2.05, 4.69) is 0 Å². The second kappa shape index (κ2) is 5.46. The predicted octanol–water partition coefficient (Wildman–Crippen LogP) is 0.370. The molecule has 0 aliphatic rings. The van der Waals surface area contributed by atoms with Gasteiger partial charge < -0.3 is 14.6 Å². The first-order valence-corrected chi connectivity index (χ1v) is 6.45. The average molecular weight is 261 g/mol. The lowest BCUT2D eigenvalue weighted by Crippen LogP contribution is -2.13. The Morgan fingerprint density at radius 1 is 1.47 bits per heavy atom. The minimum absolute atomic E-state index is 0.105. The van der Waals surface area contributed by atoms with Gasteiger partial charge in [0.25, 0.3) is 0 Å². The standard InChI is InChI=1S/C10H15NO5S/c1-3-16-10(12)8-6-7(17(11,13)14)4-5-9(8)15-2/h4-6,10,12H,3H2,1-2H3,(H2,11,13,14). The first-order valence-electron chi connectivity index (χ1n) is 4.90. The number of ether oxygens (including phenoxy) is 2. The Hall–Kier alpha value is -1.15. The fourth-order valence-electron chi connectivity index (χ4n) is 1.33. The van der Waals surface area contributed by atoms with Crippen molar-refractivity contribution in [2.75, 3.05) is 13.7 Å². The third-order valence-electron chi connectivity index (χ3n) is 2.12. The zero-order valence-corrected chi connectivity index (χ0v) is 10.4. The molecule has 1 unspecified atom stereocenters. The first-order chi connectivity index (χ1) is 7.90. The van der Waals surface area contributed by atoms with Gasteiger partial charge in [-0.15, -0.1) is 0 Å². The molecule has 0 fully saturated rings. The Morgan fingerprint density at radius 3 is 2.59 bits per heavy atom. The highest BCUT2D eigenvalue weighted by Gasteiger charge is 2.17. The van der Waals surface area contributed by atoms with Crippen LogP contribution in [0.4, 0.5) is 0 Å². The van der Waals surface area contributed by atoms with Crippen LogP contribution in [0.5, 0.6) is 5.75 Å². The Labute approximate surface area is 100 Å². The summed E-state index contributed by atoms with van der Waals surface area (Å²) in [6.07, 6.45) is -1.25. The molecule has 17 heavy (non-hydrogen) atoms. The van der Waals surface area contributed by atoms with E-state index in [0.29, 0.717) is 5.75 Å². The average Bonchev–Trinajstić information content (AvgIpc) is 2.27. The summed E-state index contributed by atoms with van der Waals surface area (Å²) in [7, 11) is -2.41. The zero-order valence-electron chi connectivity index (χ0n) is 9.58. The lowest BCUT2D eigenvalue weighted by molar-refractivity contribution is -0.0990. The van der Waals surface area contributed by atoms with Crippen molar-refractivity contribution in [1.82, 2.24) is 0 Å². The second-order valence-electron chi connectivity index (χ2n) is 3.26. The molecule has 0 spiro atoms. The third kappa shape index (κ3) is 3.40. The molecule has 0 aliphatic heterocycles.